The van der Waals surface area contributed by atoms with Gasteiger partial charge in [-0.05, 0) is 12.1 Å². The number of methoxy groups -OCH3 is 2. The Labute approximate surface area is 143 Å². The van der Waals surface area contributed by atoms with Gasteiger partial charge in [0.1, 0.15) is 10.7 Å². The fraction of sp³-hybridized carbons (Fsp3) is 0.667. The maximum absolute atomic E-state index is 12.6. The van der Waals surface area contributed by atoms with E-state index in [2.05, 4.69) is 4.98 Å². The van der Waals surface area contributed by atoms with Crippen LogP contribution in [0.3, 0.4) is 0 Å². The molecule has 0 unspecified atom stereocenters. The normalized spacial score (nSPS) is 16.2. The predicted molar refractivity (Wildman–Crippen MR) is 89.8 cm³/mol. The van der Waals surface area contributed by atoms with Crippen LogP contribution in [0.2, 0.25) is 0 Å². The molecule has 1 fully saturated rings. The number of sulfonamides is 1. The molecule has 1 aromatic heterocycles. The molecule has 1 aliphatic heterocycles. The highest BCUT2D eigenvalue weighted by Crippen LogP contribution is 2.19. The molecular weight excluding hydrogens is 334 g/mol. The highest BCUT2D eigenvalue weighted by molar-refractivity contribution is 7.89. The molecule has 2 heterocycles. The predicted octanol–water partition coefficient (Wildman–Crippen LogP) is 0.202. The highest BCUT2D eigenvalue weighted by atomic mass is 32.2. The van der Waals surface area contributed by atoms with Crippen LogP contribution >= 0.6 is 0 Å². The van der Waals surface area contributed by atoms with Crippen LogP contribution < -0.4 is 4.90 Å². The van der Waals surface area contributed by atoms with E-state index in [1.165, 1.54) is 10.5 Å². The summed E-state index contributed by atoms with van der Waals surface area (Å²) in [4.78, 5) is 6.52. The minimum absolute atomic E-state index is 0.201. The number of pyridine rings is 1. The van der Waals surface area contributed by atoms with E-state index in [1.807, 2.05) is 4.90 Å². The maximum Gasteiger partial charge on any atom is 0.244 e. The average molecular weight is 359 g/mol. The first-order valence-electron chi connectivity index (χ1n) is 7.86. The first-order valence-corrected chi connectivity index (χ1v) is 9.30. The van der Waals surface area contributed by atoms with Crippen molar-refractivity contribution in [3.8, 4) is 0 Å². The number of rotatable bonds is 9. The largest absolute Gasteiger partial charge is 0.383 e. The Balaban J connectivity index is 2.12. The van der Waals surface area contributed by atoms with Crippen molar-refractivity contribution in [2.75, 3.05) is 71.7 Å². The van der Waals surface area contributed by atoms with Crippen molar-refractivity contribution in [3.05, 3.63) is 18.3 Å². The molecule has 0 aromatic carbocycles. The van der Waals surface area contributed by atoms with Gasteiger partial charge >= 0.3 is 0 Å². The standard InChI is InChI=1S/C15H25N3O5S/c1-21-9-5-17(6-10-22-2)15-4-3-14(13-16-15)24(19,20)18-7-11-23-12-8-18/h3-4,13H,5-12H2,1-2H3. The van der Waals surface area contributed by atoms with Crippen molar-refractivity contribution < 1.29 is 22.6 Å². The fourth-order valence-electron chi connectivity index (χ4n) is 2.39. The van der Waals surface area contributed by atoms with Crippen molar-refractivity contribution in [2.45, 2.75) is 4.90 Å². The molecule has 0 aliphatic carbocycles. The summed E-state index contributed by atoms with van der Waals surface area (Å²) >= 11 is 0. The lowest BCUT2D eigenvalue weighted by molar-refractivity contribution is 0.0730. The number of hydrogen-bond acceptors (Lipinski definition) is 7. The van der Waals surface area contributed by atoms with Crippen LogP contribution in [0.15, 0.2) is 23.2 Å². The molecule has 1 aromatic rings. The van der Waals surface area contributed by atoms with E-state index in [1.54, 1.807) is 26.4 Å². The molecule has 0 saturated carbocycles. The molecular formula is C15H25N3O5S. The van der Waals surface area contributed by atoms with E-state index >= 15 is 0 Å². The lowest BCUT2D eigenvalue weighted by atomic mass is 10.4. The van der Waals surface area contributed by atoms with E-state index in [4.69, 9.17) is 14.2 Å². The minimum atomic E-state index is -3.52. The summed E-state index contributed by atoms with van der Waals surface area (Å²) in [5, 5.41) is 0. The molecule has 0 atom stereocenters. The minimum Gasteiger partial charge on any atom is -0.383 e. The Kier molecular flexibility index (Phi) is 7.38. The topological polar surface area (TPSA) is 81.2 Å². The van der Waals surface area contributed by atoms with E-state index in [-0.39, 0.29) is 4.90 Å². The van der Waals surface area contributed by atoms with Gasteiger partial charge in [-0.1, -0.05) is 0 Å². The summed E-state index contributed by atoms with van der Waals surface area (Å²) in [6, 6.07) is 3.32. The van der Waals surface area contributed by atoms with E-state index in [0.717, 1.165) is 0 Å². The van der Waals surface area contributed by atoms with Crippen molar-refractivity contribution in [2.24, 2.45) is 0 Å². The average Bonchev–Trinajstić information content (AvgIpc) is 2.63. The smallest absolute Gasteiger partial charge is 0.244 e. The number of morpholine rings is 1. The van der Waals surface area contributed by atoms with Gasteiger partial charge in [-0.3, -0.25) is 0 Å². The summed E-state index contributed by atoms with van der Waals surface area (Å²) in [5.74, 6) is 0.699. The maximum atomic E-state index is 12.6. The third kappa shape index (κ3) is 4.87. The first-order chi connectivity index (χ1) is 11.6. The molecule has 24 heavy (non-hydrogen) atoms. The van der Waals surface area contributed by atoms with Crippen LogP contribution in [0.5, 0.6) is 0 Å². The molecule has 0 bridgehead atoms. The van der Waals surface area contributed by atoms with E-state index < -0.39 is 10.0 Å². The van der Waals surface area contributed by atoms with Crippen LogP contribution in [0.25, 0.3) is 0 Å². The van der Waals surface area contributed by atoms with E-state index in [9.17, 15) is 8.42 Å². The second-order valence-corrected chi connectivity index (χ2v) is 7.28. The zero-order chi connectivity index (χ0) is 17.4. The van der Waals surface area contributed by atoms with Gasteiger partial charge in [0.2, 0.25) is 10.0 Å². The number of anilines is 1. The van der Waals surface area contributed by atoms with Gasteiger partial charge in [-0.25, -0.2) is 13.4 Å². The molecule has 1 aliphatic rings. The molecule has 0 radical (unpaired) electrons. The SMILES string of the molecule is COCCN(CCOC)c1ccc(S(=O)(=O)N2CCOCC2)cn1. The van der Waals surface area contributed by atoms with Gasteiger partial charge < -0.3 is 19.1 Å². The molecule has 0 N–H and O–H groups in total. The van der Waals surface area contributed by atoms with Crippen LogP contribution in [-0.4, -0.2) is 84.5 Å². The Morgan fingerprint density at radius 3 is 2.29 bits per heavy atom. The summed E-state index contributed by atoms with van der Waals surface area (Å²) in [6.45, 7) is 4.01. The van der Waals surface area contributed by atoms with Crippen molar-refractivity contribution >= 4 is 15.8 Å². The molecule has 9 heteroatoms. The third-order valence-corrected chi connectivity index (χ3v) is 5.67. The summed E-state index contributed by atoms with van der Waals surface area (Å²) < 4.78 is 42.0. The summed E-state index contributed by atoms with van der Waals surface area (Å²) in [6.07, 6.45) is 1.41. The monoisotopic (exact) mass is 359 g/mol. The highest BCUT2D eigenvalue weighted by Gasteiger charge is 2.26. The quantitative estimate of drug-likeness (QED) is 0.623. The molecule has 2 rings (SSSR count). The van der Waals surface area contributed by atoms with Gasteiger partial charge in [0.05, 0.1) is 26.4 Å². The van der Waals surface area contributed by atoms with Crippen molar-refractivity contribution in [1.29, 1.82) is 0 Å². The first kappa shape index (κ1) is 19.1. The lowest BCUT2D eigenvalue weighted by Crippen LogP contribution is -2.40. The Morgan fingerprint density at radius 1 is 1.17 bits per heavy atom. The van der Waals surface area contributed by atoms with Crippen molar-refractivity contribution in [3.63, 3.8) is 0 Å². The molecule has 0 amide bonds. The molecule has 136 valence electrons. The molecule has 8 nitrogen and oxygen atoms in total. The zero-order valence-corrected chi connectivity index (χ0v) is 15.0. The number of nitrogens with zero attached hydrogens (tertiary/aromatic N) is 3. The van der Waals surface area contributed by atoms with Gasteiger partial charge in [-0.15, -0.1) is 0 Å². The molecule has 1 saturated heterocycles. The van der Waals surface area contributed by atoms with Gasteiger partial charge in [0.25, 0.3) is 0 Å². The zero-order valence-electron chi connectivity index (χ0n) is 14.2. The lowest BCUT2D eigenvalue weighted by Gasteiger charge is -2.26. The number of ether oxygens (including phenoxy) is 3. The summed E-state index contributed by atoms with van der Waals surface area (Å²) in [7, 11) is -0.238. The third-order valence-electron chi connectivity index (χ3n) is 3.78. The van der Waals surface area contributed by atoms with E-state index in [0.29, 0.717) is 58.4 Å². The van der Waals surface area contributed by atoms with Gasteiger partial charge in [-0.2, -0.15) is 4.31 Å². The van der Waals surface area contributed by atoms with Crippen LogP contribution in [0.4, 0.5) is 5.82 Å². The van der Waals surface area contributed by atoms with Gasteiger partial charge in [0, 0.05) is 46.6 Å². The summed E-state index contributed by atoms with van der Waals surface area (Å²) in [5.41, 5.74) is 0. The van der Waals surface area contributed by atoms with Crippen LogP contribution in [-0.2, 0) is 24.2 Å². The number of aromatic nitrogens is 1. The molecule has 0 spiro atoms. The van der Waals surface area contributed by atoms with Crippen LogP contribution in [0.1, 0.15) is 0 Å². The number of hydrogen-bond donors (Lipinski definition) is 0. The Hall–Kier alpha value is -1.26. The Morgan fingerprint density at radius 2 is 1.79 bits per heavy atom. The van der Waals surface area contributed by atoms with Crippen molar-refractivity contribution in [1.82, 2.24) is 9.29 Å². The second-order valence-electron chi connectivity index (χ2n) is 5.34. The fourth-order valence-corrected chi connectivity index (χ4v) is 3.75. The van der Waals surface area contributed by atoms with Gasteiger partial charge in [0.15, 0.2) is 0 Å². The second kappa shape index (κ2) is 9.28. The Bertz CT molecular complexity index is 580. The van der Waals surface area contributed by atoms with Crippen LogP contribution in [0, 0.1) is 0 Å².